The van der Waals surface area contributed by atoms with Gasteiger partial charge in [0, 0.05) is 24.8 Å². The van der Waals surface area contributed by atoms with Crippen molar-refractivity contribution in [2.75, 3.05) is 18.4 Å². The van der Waals surface area contributed by atoms with E-state index in [9.17, 15) is 18.0 Å². The fraction of sp³-hybridized carbons (Fsp3) is 0.389. The Morgan fingerprint density at radius 2 is 1.86 bits per heavy atom. The first kappa shape index (κ1) is 24.7. The van der Waals surface area contributed by atoms with E-state index in [1.165, 1.54) is 0 Å². The average Bonchev–Trinajstić information content (AvgIpc) is 2.90. The number of amides is 1. The molecule has 0 bridgehead atoms. The maximum absolute atomic E-state index is 13.6. The molecule has 7 nitrogen and oxygen atoms in total. The first-order valence-corrected chi connectivity index (χ1v) is 8.69. The van der Waals surface area contributed by atoms with Crippen molar-refractivity contribution in [2.45, 2.75) is 27.3 Å². The lowest BCUT2D eigenvalue weighted by Gasteiger charge is -2.12. The van der Waals surface area contributed by atoms with Gasteiger partial charge >= 0.3 is 0 Å². The zero-order valence-electron chi connectivity index (χ0n) is 16.6. The van der Waals surface area contributed by atoms with Gasteiger partial charge in [-0.2, -0.15) is 5.10 Å². The van der Waals surface area contributed by atoms with Crippen LogP contribution in [0.4, 0.5) is 18.9 Å². The van der Waals surface area contributed by atoms with Gasteiger partial charge in [0.25, 0.3) is 0 Å². The van der Waals surface area contributed by atoms with Gasteiger partial charge in [-0.05, 0) is 32.9 Å². The fourth-order valence-electron chi connectivity index (χ4n) is 2.53. The molecule has 160 valence electrons. The molecular weight excluding hydrogens is 500 g/mol. The Bertz CT molecular complexity index is 900. The summed E-state index contributed by atoms with van der Waals surface area (Å²) in [6, 6.07) is 1.70. The van der Waals surface area contributed by atoms with E-state index in [0.29, 0.717) is 19.0 Å². The predicted octanol–water partition coefficient (Wildman–Crippen LogP) is 2.77. The third-order valence-corrected chi connectivity index (χ3v) is 4.12. The minimum Gasteiger partial charge on any atom is -0.357 e. The van der Waals surface area contributed by atoms with Gasteiger partial charge in [-0.1, -0.05) is 0 Å². The van der Waals surface area contributed by atoms with Crippen molar-refractivity contribution in [2.24, 2.45) is 12.0 Å². The number of hydrogen-bond donors (Lipinski definition) is 3. The van der Waals surface area contributed by atoms with Gasteiger partial charge in [0.1, 0.15) is 0 Å². The van der Waals surface area contributed by atoms with E-state index < -0.39 is 29.0 Å². The largest absolute Gasteiger partial charge is 0.357 e. The van der Waals surface area contributed by atoms with Gasteiger partial charge in [-0.15, -0.1) is 24.0 Å². The molecule has 0 spiro atoms. The number of aliphatic imine (C=N–C) groups is 1. The number of aromatic nitrogens is 2. The van der Waals surface area contributed by atoms with E-state index in [4.69, 9.17) is 0 Å². The zero-order valence-corrected chi connectivity index (χ0v) is 18.9. The lowest BCUT2D eigenvalue weighted by Crippen LogP contribution is -2.41. The molecule has 0 aliphatic rings. The van der Waals surface area contributed by atoms with Crippen LogP contribution in [0.5, 0.6) is 0 Å². The van der Waals surface area contributed by atoms with Crippen LogP contribution in [-0.2, 0) is 18.4 Å². The summed E-state index contributed by atoms with van der Waals surface area (Å²) in [5, 5.41) is 12.3. The van der Waals surface area contributed by atoms with Crippen molar-refractivity contribution in [1.29, 1.82) is 0 Å². The molecule has 0 aliphatic carbocycles. The summed E-state index contributed by atoms with van der Waals surface area (Å²) in [7, 11) is 1.85. The third-order valence-electron chi connectivity index (χ3n) is 4.12. The van der Waals surface area contributed by atoms with Crippen molar-refractivity contribution in [3.8, 4) is 0 Å². The topological polar surface area (TPSA) is 83.3 Å². The van der Waals surface area contributed by atoms with Gasteiger partial charge in [0.2, 0.25) is 5.91 Å². The molecule has 1 aromatic carbocycles. The minimum absolute atomic E-state index is 0. The second-order valence-corrected chi connectivity index (χ2v) is 6.09. The molecule has 1 amide bonds. The number of nitrogens with one attached hydrogen (secondary N) is 3. The summed E-state index contributed by atoms with van der Waals surface area (Å²) in [6.07, 6.45) is 0. The van der Waals surface area contributed by atoms with E-state index in [-0.39, 0.29) is 30.5 Å². The minimum atomic E-state index is -1.64. The summed E-state index contributed by atoms with van der Waals surface area (Å²) in [4.78, 5) is 16.4. The second kappa shape index (κ2) is 11.0. The highest BCUT2D eigenvalue weighted by Crippen LogP contribution is 2.19. The van der Waals surface area contributed by atoms with Crippen molar-refractivity contribution in [3.63, 3.8) is 0 Å². The van der Waals surface area contributed by atoms with Crippen LogP contribution in [0, 0.1) is 31.3 Å². The maximum Gasteiger partial charge on any atom is 0.243 e. The second-order valence-electron chi connectivity index (χ2n) is 6.09. The highest BCUT2D eigenvalue weighted by Gasteiger charge is 2.15. The van der Waals surface area contributed by atoms with Gasteiger partial charge in [0.15, 0.2) is 23.4 Å². The summed E-state index contributed by atoms with van der Waals surface area (Å²) in [5.74, 6) is -4.66. The summed E-state index contributed by atoms with van der Waals surface area (Å²) in [5.41, 5.74) is 2.40. The highest BCUT2D eigenvalue weighted by molar-refractivity contribution is 14.0. The van der Waals surface area contributed by atoms with Crippen molar-refractivity contribution < 1.29 is 18.0 Å². The molecule has 2 rings (SSSR count). The molecule has 0 saturated heterocycles. The summed E-state index contributed by atoms with van der Waals surface area (Å²) < 4.78 is 41.6. The molecule has 3 N–H and O–H groups in total. The average molecular weight is 524 g/mol. The van der Waals surface area contributed by atoms with Crippen LogP contribution < -0.4 is 16.0 Å². The van der Waals surface area contributed by atoms with E-state index in [1.807, 2.05) is 27.8 Å². The van der Waals surface area contributed by atoms with Crippen molar-refractivity contribution in [1.82, 2.24) is 20.4 Å². The Balaban J connectivity index is 0.00000420. The standard InChI is InChI=1S/C18H23F3N6O.HI/c1-5-22-18(23-8-12-10(2)26-27(4)11(12)3)24-9-15(28)25-14-7-6-13(19)16(20)17(14)21;/h6-7H,5,8-9H2,1-4H3,(H,25,28)(H2,22,23,24);1H. The van der Waals surface area contributed by atoms with Crippen LogP contribution in [-0.4, -0.2) is 34.7 Å². The number of carbonyl (C=O) groups excluding carboxylic acids is 1. The van der Waals surface area contributed by atoms with Crippen molar-refractivity contribution in [3.05, 3.63) is 46.5 Å². The number of benzene rings is 1. The van der Waals surface area contributed by atoms with Gasteiger partial charge in [-0.3, -0.25) is 9.48 Å². The number of anilines is 1. The number of rotatable bonds is 6. The van der Waals surface area contributed by atoms with E-state index in [0.717, 1.165) is 29.1 Å². The van der Waals surface area contributed by atoms with Crippen LogP contribution in [0.2, 0.25) is 0 Å². The smallest absolute Gasteiger partial charge is 0.243 e. The highest BCUT2D eigenvalue weighted by atomic mass is 127. The lowest BCUT2D eigenvalue weighted by atomic mass is 10.2. The Hall–Kier alpha value is -2.31. The molecule has 0 aliphatic heterocycles. The van der Waals surface area contributed by atoms with Crippen LogP contribution in [0.25, 0.3) is 0 Å². The molecule has 0 atom stereocenters. The van der Waals surface area contributed by atoms with Crippen LogP contribution in [0.15, 0.2) is 17.1 Å². The van der Waals surface area contributed by atoms with Crippen LogP contribution in [0.1, 0.15) is 23.9 Å². The first-order chi connectivity index (χ1) is 13.2. The monoisotopic (exact) mass is 524 g/mol. The molecule has 1 aromatic heterocycles. The summed E-state index contributed by atoms with van der Waals surface area (Å²) >= 11 is 0. The number of nitrogens with zero attached hydrogens (tertiary/aromatic N) is 3. The number of halogens is 4. The molecule has 2 aromatic rings. The first-order valence-electron chi connectivity index (χ1n) is 8.69. The van der Waals surface area contributed by atoms with Crippen LogP contribution >= 0.6 is 24.0 Å². The Labute approximate surface area is 184 Å². The summed E-state index contributed by atoms with van der Waals surface area (Å²) in [6.45, 7) is 6.39. The SMILES string of the molecule is CCNC(=NCc1c(C)nn(C)c1C)NCC(=O)Nc1ccc(F)c(F)c1F.I. The molecule has 29 heavy (non-hydrogen) atoms. The van der Waals surface area contributed by atoms with Crippen LogP contribution in [0.3, 0.4) is 0 Å². The molecule has 11 heteroatoms. The normalized spacial score (nSPS) is 11.1. The number of carbonyl (C=O) groups is 1. The lowest BCUT2D eigenvalue weighted by molar-refractivity contribution is -0.115. The van der Waals surface area contributed by atoms with E-state index >= 15 is 0 Å². The molecule has 0 radical (unpaired) electrons. The van der Waals surface area contributed by atoms with Crippen molar-refractivity contribution >= 4 is 41.5 Å². The Morgan fingerprint density at radius 3 is 2.45 bits per heavy atom. The fourth-order valence-corrected chi connectivity index (χ4v) is 2.53. The van der Waals surface area contributed by atoms with E-state index in [1.54, 1.807) is 4.68 Å². The Kier molecular flexibility index (Phi) is 9.40. The predicted molar refractivity (Wildman–Crippen MR) is 116 cm³/mol. The molecule has 0 unspecified atom stereocenters. The molecule has 0 fully saturated rings. The zero-order chi connectivity index (χ0) is 20.8. The molecular formula is C18H24F3IN6O. The number of hydrogen-bond acceptors (Lipinski definition) is 3. The molecule has 0 saturated carbocycles. The number of guanidine groups is 1. The third kappa shape index (κ3) is 6.34. The maximum atomic E-state index is 13.6. The van der Waals surface area contributed by atoms with Gasteiger partial charge in [0.05, 0.1) is 24.5 Å². The van der Waals surface area contributed by atoms with Gasteiger partial charge in [-0.25, -0.2) is 18.2 Å². The Morgan fingerprint density at radius 1 is 1.17 bits per heavy atom. The van der Waals surface area contributed by atoms with Gasteiger partial charge < -0.3 is 16.0 Å². The number of aryl methyl sites for hydroxylation is 2. The van der Waals surface area contributed by atoms with E-state index in [2.05, 4.69) is 26.0 Å². The molecule has 1 heterocycles. The quantitative estimate of drug-likeness (QED) is 0.235.